The fourth-order valence-corrected chi connectivity index (χ4v) is 2.70. The van der Waals surface area contributed by atoms with Crippen LogP contribution < -0.4 is 5.73 Å². The fourth-order valence-electron chi connectivity index (χ4n) is 1.40. The van der Waals surface area contributed by atoms with Gasteiger partial charge in [-0.3, -0.25) is 0 Å². The predicted molar refractivity (Wildman–Crippen MR) is 77.3 cm³/mol. The number of pyridine rings is 1. The van der Waals surface area contributed by atoms with E-state index in [9.17, 15) is 0 Å². The van der Waals surface area contributed by atoms with Gasteiger partial charge in [-0.05, 0) is 30.3 Å². The summed E-state index contributed by atoms with van der Waals surface area (Å²) in [7, 11) is 0. The second kappa shape index (κ2) is 6.14. The molecule has 1 aromatic carbocycles. The van der Waals surface area contributed by atoms with Crippen molar-refractivity contribution in [2.24, 2.45) is 10.9 Å². The first kappa shape index (κ1) is 14.0. The molecule has 2 aromatic rings. The van der Waals surface area contributed by atoms with Crippen LogP contribution in [-0.4, -0.2) is 16.0 Å². The molecule has 0 radical (unpaired) electrons. The van der Waals surface area contributed by atoms with E-state index >= 15 is 0 Å². The van der Waals surface area contributed by atoms with Gasteiger partial charge in [0.1, 0.15) is 5.03 Å². The number of hydrogen-bond acceptors (Lipinski definition) is 4. The molecule has 0 bridgehead atoms. The van der Waals surface area contributed by atoms with Gasteiger partial charge in [-0.25, -0.2) is 4.98 Å². The Morgan fingerprint density at radius 3 is 2.79 bits per heavy atom. The van der Waals surface area contributed by atoms with Crippen LogP contribution in [0.4, 0.5) is 0 Å². The van der Waals surface area contributed by atoms with Gasteiger partial charge in [0.05, 0.1) is 5.02 Å². The zero-order chi connectivity index (χ0) is 13.8. The average Bonchev–Trinajstić information content (AvgIpc) is 2.42. The number of rotatable bonds is 3. The third kappa shape index (κ3) is 3.32. The summed E-state index contributed by atoms with van der Waals surface area (Å²) in [5.74, 6) is -0.0166. The van der Waals surface area contributed by atoms with Crippen LogP contribution >= 0.6 is 35.0 Å². The Balaban J connectivity index is 2.43. The predicted octanol–water partition coefficient (Wildman–Crippen LogP) is 3.63. The van der Waals surface area contributed by atoms with Crippen LogP contribution in [0.5, 0.6) is 0 Å². The van der Waals surface area contributed by atoms with Crippen molar-refractivity contribution < 1.29 is 5.21 Å². The Kier molecular flexibility index (Phi) is 4.52. The number of aromatic nitrogens is 1. The van der Waals surface area contributed by atoms with E-state index in [0.29, 0.717) is 20.6 Å². The summed E-state index contributed by atoms with van der Waals surface area (Å²) in [6.45, 7) is 0. The number of benzene rings is 1. The van der Waals surface area contributed by atoms with Gasteiger partial charge in [-0.1, -0.05) is 40.1 Å². The molecule has 0 amide bonds. The largest absolute Gasteiger partial charge is 0.409 e. The van der Waals surface area contributed by atoms with Crippen molar-refractivity contribution in [3.63, 3.8) is 0 Å². The van der Waals surface area contributed by atoms with Gasteiger partial charge >= 0.3 is 0 Å². The van der Waals surface area contributed by atoms with Gasteiger partial charge in [0.15, 0.2) is 5.84 Å². The molecule has 3 N–H and O–H groups in total. The number of nitrogens with two attached hydrogens (primary N) is 1. The van der Waals surface area contributed by atoms with Gasteiger partial charge in [-0.15, -0.1) is 0 Å². The third-order valence-corrected chi connectivity index (χ3v) is 4.00. The van der Waals surface area contributed by atoms with Crippen LogP contribution in [0.2, 0.25) is 10.0 Å². The number of hydrogen-bond donors (Lipinski definition) is 2. The minimum atomic E-state index is -0.0166. The third-order valence-electron chi connectivity index (χ3n) is 2.26. The summed E-state index contributed by atoms with van der Waals surface area (Å²) in [5.41, 5.74) is 6.16. The first-order valence-electron chi connectivity index (χ1n) is 5.17. The highest BCUT2D eigenvalue weighted by Crippen LogP contribution is 2.34. The van der Waals surface area contributed by atoms with E-state index in [1.165, 1.54) is 11.8 Å². The van der Waals surface area contributed by atoms with Gasteiger partial charge in [-0.2, -0.15) is 0 Å². The van der Waals surface area contributed by atoms with Crippen LogP contribution in [0, 0.1) is 0 Å². The van der Waals surface area contributed by atoms with Gasteiger partial charge in [0, 0.05) is 21.7 Å². The van der Waals surface area contributed by atoms with Crippen molar-refractivity contribution >= 4 is 40.8 Å². The normalized spacial score (nSPS) is 11.6. The summed E-state index contributed by atoms with van der Waals surface area (Å²) in [6.07, 6.45) is 1.65. The molecule has 0 saturated heterocycles. The topological polar surface area (TPSA) is 71.5 Å². The lowest BCUT2D eigenvalue weighted by Gasteiger charge is -2.08. The van der Waals surface area contributed by atoms with Gasteiger partial charge in [0.25, 0.3) is 0 Å². The molecule has 0 aliphatic rings. The second-order valence-corrected chi connectivity index (χ2v) is 5.39. The molecule has 19 heavy (non-hydrogen) atoms. The molecule has 0 spiro atoms. The lowest BCUT2D eigenvalue weighted by molar-refractivity contribution is 0.318. The smallest absolute Gasteiger partial charge is 0.171 e. The number of amidine groups is 1. The average molecular weight is 314 g/mol. The second-order valence-electron chi connectivity index (χ2n) is 3.52. The van der Waals surface area contributed by atoms with Crippen LogP contribution in [-0.2, 0) is 0 Å². The molecule has 0 fully saturated rings. The number of halogens is 2. The van der Waals surface area contributed by atoms with E-state index in [0.717, 1.165) is 4.90 Å². The quantitative estimate of drug-likeness (QED) is 0.393. The van der Waals surface area contributed by atoms with Crippen molar-refractivity contribution in [1.82, 2.24) is 4.98 Å². The number of oxime groups is 1. The molecule has 1 heterocycles. The molecule has 2 rings (SSSR count). The highest BCUT2D eigenvalue weighted by Gasteiger charge is 2.11. The molecule has 0 unspecified atom stereocenters. The molecule has 4 nitrogen and oxygen atoms in total. The fraction of sp³-hybridized carbons (Fsp3) is 0. The summed E-state index contributed by atoms with van der Waals surface area (Å²) < 4.78 is 0. The van der Waals surface area contributed by atoms with Crippen molar-refractivity contribution in [3.05, 3.63) is 52.1 Å². The molecule has 0 saturated carbocycles. The molecule has 7 heteroatoms. The van der Waals surface area contributed by atoms with Gasteiger partial charge < -0.3 is 10.9 Å². The minimum absolute atomic E-state index is 0.0166. The van der Waals surface area contributed by atoms with E-state index in [1.54, 1.807) is 36.5 Å². The molecular weight excluding hydrogens is 305 g/mol. The van der Waals surface area contributed by atoms with E-state index in [1.807, 2.05) is 0 Å². The SMILES string of the molecule is NC(=NO)c1cc(Cl)ccc1Sc1ncccc1Cl. The molecule has 98 valence electrons. The van der Waals surface area contributed by atoms with Crippen molar-refractivity contribution in [2.75, 3.05) is 0 Å². The first-order valence-corrected chi connectivity index (χ1v) is 6.75. The first-order chi connectivity index (χ1) is 9.11. The molecule has 0 atom stereocenters. The lowest BCUT2D eigenvalue weighted by Crippen LogP contribution is -2.14. The van der Waals surface area contributed by atoms with Crippen molar-refractivity contribution in [2.45, 2.75) is 9.92 Å². The van der Waals surface area contributed by atoms with Crippen LogP contribution in [0.3, 0.4) is 0 Å². The molecule has 0 aliphatic carbocycles. The summed E-state index contributed by atoms with van der Waals surface area (Å²) >= 11 is 13.3. The zero-order valence-corrected chi connectivity index (χ0v) is 11.9. The van der Waals surface area contributed by atoms with E-state index in [2.05, 4.69) is 10.1 Å². The Morgan fingerprint density at radius 2 is 2.11 bits per heavy atom. The maximum absolute atomic E-state index is 8.79. The lowest BCUT2D eigenvalue weighted by atomic mass is 10.2. The molecule has 0 aliphatic heterocycles. The zero-order valence-electron chi connectivity index (χ0n) is 9.55. The van der Waals surface area contributed by atoms with Crippen LogP contribution in [0.25, 0.3) is 0 Å². The Labute approximate surface area is 124 Å². The summed E-state index contributed by atoms with van der Waals surface area (Å²) in [4.78, 5) is 4.93. The monoisotopic (exact) mass is 313 g/mol. The highest BCUT2D eigenvalue weighted by atomic mass is 35.5. The Bertz CT molecular complexity index is 634. The van der Waals surface area contributed by atoms with E-state index in [4.69, 9.17) is 34.1 Å². The van der Waals surface area contributed by atoms with Crippen LogP contribution in [0.15, 0.2) is 51.6 Å². The maximum atomic E-state index is 8.79. The summed E-state index contributed by atoms with van der Waals surface area (Å²) in [5, 5.41) is 13.5. The minimum Gasteiger partial charge on any atom is -0.409 e. The summed E-state index contributed by atoms with van der Waals surface area (Å²) in [6, 6.07) is 8.60. The number of nitrogens with zero attached hydrogens (tertiary/aromatic N) is 2. The van der Waals surface area contributed by atoms with E-state index in [-0.39, 0.29) is 5.84 Å². The maximum Gasteiger partial charge on any atom is 0.171 e. The standard InChI is InChI=1S/C12H9Cl2N3OS/c13-7-3-4-10(8(6-7)11(15)17-18)19-12-9(14)2-1-5-16-12/h1-6,18H,(H2,15,17). The Hall–Kier alpha value is -1.43. The van der Waals surface area contributed by atoms with E-state index < -0.39 is 0 Å². The highest BCUT2D eigenvalue weighted by molar-refractivity contribution is 7.99. The van der Waals surface area contributed by atoms with Crippen LogP contribution in [0.1, 0.15) is 5.56 Å². The van der Waals surface area contributed by atoms with Crippen molar-refractivity contribution in [1.29, 1.82) is 0 Å². The molecule has 1 aromatic heterocycles. The van der Waals surface area contributed by atoms with Gasteiger partial charge in [0.2, 0.25) is 0 Å². The molecular formula is C12H9Cl2N3OS. The van der Waals surface area contributed by atoms with Crippen molar-refractivity contribution in [3.8, 4) is 0 Å². The Morgan fingerprint density at radius 1 is 1.32 bits per heavy atom.